The Hall–Kier alpha value is -2.05. The van der Waals surface area contributed by atoms with E-state index >= 15 is 0 Å². The van der Waals surface area contributed by atoms with E-state index < -0.39 is 0 Å². The fourth-order valence-electron chi connectivity index (χ4n) is 1.50. The van der Waals surface area contributed by atoms with E-state index in [1.807, 2.05) is 30.3 Å². The lowest BCUT2D eigenvalue weighted by atomic mass is 10.2. The van der Waals surface area contributed by atoms with Crippen LogP contribution in [-0.4, -0.2) is 4.98 Å². The van der Waals surface area contributed by atoms with Crippen LogP contribution in [0.3, 0.4) is 0 Å². The van der Waals surface area contributed by atoms with Crippen molar-refractivity contribution < 1.29 is 4.74 Å². The van der Waals surface area contributed by atoms with Crippen molar-refractivity contribution in [3.05, 3.63) is 59.3 Å². The molecule has 4 heteroatoms. The van der Waals surface area contributed by atoms with Crippen molar-refractivity contribution in [3.63, 3.8) is 0 Å². The highest BCUT2D eigenvalue weighted by molar-refractivity contribution is 6.16. The van der Waals surface area contributed by atoms with Gasteiger partial charge in [0.15, 0.2) is 0 Å². The van der Waals surface area contributed by atoms with Gasteiger partial charge in [-0.2, -0.15) is 5.26 Å². The first-order chi connectivity index (χ1) is 8.81. The molecule has 18 heavy (non-hydrogen) atoms. The summed E-state index contributed by atoms with van der Waals surface area (Å²) in [4.78, 5) is 4.21. The third-order valence-electron chi connectivity index (χ3n) is 2.35. The first-order valence-electron chi connectivity index (χ1n) is 5.45. The maximum atomic E-state index is 8.89. The van der Waals surface area contributed by atoms with Crippen LogP contribution in [0.5, 0.6) is 5.88 Å². The van der Waals surface area contributed by atoms with Crippen molar-refractivity contribution in [1.29, 1.82) is 5.26 Å². The van der Waals surface area contributed by atoms with E-state index in [1.54, 1.807) is 12.1 Å². The minimum atomic E-state index is 0.261. The molecule has 0 bridgehead atoms. The van der Waals surface area contributed by atoms with Gasteiger partial charge in [0.2, 0.25) is 5.88 Å². The molecule has 0 aliphatic rings. The summed E-state index contributed by atoms with van der Waals surface area (Å²) in [6.45, 7) is 0.421. The number of pyridine rings is 1. The van der Waals surface area contributed by atoms with Gasteiger partial charge in [0.1, 0.15) is 6.61 Å². The summed E-state index contributed by atoms with van der Waals surface area (Å²) in [7, 11) is 0. The number of aromatic nitrogens is 1. The van der Waals surface area contributed by atoms with Crippen molar-refractivity contribution in [1.82, 2.24) is 4.98 Å². The van der Waals surface area contributed by atoms with Gasteiger partial charge in [-0.25, -0.2) is 4.98 Å². The SMILES string of the molecule is N#Cc1cc(CCl)nc(OCc2ccccc2)c1. The number of rotatable bonds is 4. The minimum Gasteiger partial charge on any atom is -0.473 e. The molecule has 0 spiro atoms. The van der Waals surface area contributed by atoms with Crippen molar-refractivity contribution in [2.24, 2.45) is 0 Å². The second kappa shape index (κ2) is 6.04. The van der Waals surface area contributed by atoms with Crippen molar-refractivity contribution in [2.45, 2.75) is 12.5 Å². The molecule has 0 aliphatic carbocycles. The van der Waals surface area contributed by atoms with Crippen molar-refractivity contribution in [2.75, 3.05) is 0 Å². The number of ether oxygens (including phenoxy) is 1. The van der Waals surface area contributed by atoms with Crippen LogP contribution in [0.4, 0.5) is 0 Å². The van der Waals surface area contributed by atoms with Crippen LogP contribution in [0.1, 0.15) is 16.8 Å². The van der Waals surface area contributed by atoms with Crippen LogP contribution in [0.25, 0.3) is 0 Å². The normalized spacial score (nSPS) is 9.78. The molecular weight excluding hydrogens is 248 g/mol. The molecule has 2 aromatic rings. The zero-order valence-corrected chi connectivity index (χ0v) is 10.4. The lowest BCUT2D eigenvalue weighted by Crippen LogP contribution is -1.99. The second-order valence-electron chi connectivity index (χ2n) is 3.71. The van der Waals surface area contributed by atoms with Gasteiger partial charge in [-0.1, -0.05) is 30.3 Å². The van der Waals surface area contributed by atoms with Gasteiger partial charge >= 0.3 is 0 Å². The molecule has 0 radical (unpaired) electrons. The number of hydrogen-bond acceptors (Lipinski definition) is 3. The molecule has 90 valence electrons. The average Bonchev–Trinajstić information content (AvgIpc) is 2.45. The molecule has 0 fully saturated rings. The summed E-state index contributed by atoms with van der Waals surface area (Å²) >= 11 is 5.72. The standard InChI is InChI=1S/C14H11ClN2O/c15-8-13-6-12(9-16)7-14(17-13)18-10-11-4-2-1-3-5-11/h1-7H,8,10H2. The highest BCUT2D eigenvalue weighted by atomic mass is 35.5. The molecule has 0 N–H and O–H groups in total. The quantitative estimate of drug-likeness (QED) is 0.791. The Balaban J connectivity index is 2.12. The number of alkyl halides is 1. The topological polar surface area (TPSA) is 45.9 Å². The number of benzene rings is 1. The average molecular weight is 259 g/mol. The molecule has 2 rings (SSSR count). The molecule has 0 amide bonds. The monoisotopic (exact) mass is 258 g/mol. The maximum absolute atomic E-state index is 8.89. The Morgan fingerprint density at radius 2 is 2.00 bits per heavy atom. The largest absolute Gasteiger partial charge is 0.473 e. The molecule has 0 unspecified atom stereocenters. The Morgan fingerprint density at radius 3 is 2.67 bits per heavy atom. The molecule has 0 saturated heterocycles. The summed E-state index contributed by atoms with van der Waals surface area (Å²) < 4.78 is 5.56. The smallest absolute Gasteiger partial charge is 0.215 e. The summed E-state index contributed by atoms with van der Waals surface area (Å²) in [5, 5.41) is 8.89. The Morgan fingerprint density at radius 1 is 1.22 bits per heavy atom. The summed E-state index contributed by atoms with van der Waals surface area (Å²) in [5.74, 6) is 0.686. The van der Waals surface area contributed by atoms with Crippen LogP contribution in [0.15, 0.2) is 42.5 Å². The van der Waals surface area contributed by atoms with Gasteiger partial charge in [0, 0.05) is 6.07 Å². The van der Waals surface area contributed by atoms with Crippen LogP contribution in [-0.2, 0) is 12.5 Å². The van der Waals surface area contributed by atoms with Gasteiger partial charge in [-0.3, -0.25) is 0 Å². The van der Waals surface area contributed by atoms with Gasteiger partial charge in [-0.15, -0.1) is 11.6 Å². The van der Waals surface area contributed by atoms with Crippen LogP contribution in [0, 0.1) is 11.3 Å². The first kappa shape index (κ1) is 12.4. The van der Waals surface area contributed by atoms with Gasteiger partial charge < -0.3 is 4.74 Å². The number of nitrogens with zero attached hydrogens (tertiary/aromatic N) is 2. The summed E-state index contributed by atoms with van der Waals surface area (Å²) in [6, 6.07) is 15.1. The first-order valence-corrected chi connectivity index (χ1v) is 5.99. The Kier molecular flexibility index (Phi) is 4.16. The second-order valence-corrected chi connectivity index (χ2v) is 3.97. The molecule has 1 aromatic carbocycles. The Bertz CT molecular complexity index is 564. The summed E-state index contributed by atoms with van der Waals surface area (Å²) in [5.41, 5.74) is 2.19. The lowest BCUT2D eigenvalue weighted by Gasteiger charge is -2.06. The third kappa shape index (κ3) is 3.22. The Labute approximate surface area is 111 Å². The molecule has 0 aliphatic heterocycles. The van der Waals surface area contributed by atoms with E-state index in [0.29, 0.717) is 23.7 Å². The number of halogens is 1. The van der Waals surface area contributed by atoms with E-state index in [2.05, 4.69) is 11.1 Å². The molecule has 3 nitrogen and oxygen atoms in total. The van der Waals surface area contributed by atoms with E-state index in [9.17, 15) is 0 Å². The van der Waals surface area contributed by atoms with E-state index in [0.717, 1.165) is 5.56 Å². The highest BCUT2D eigenvalue weighted by Crippen LogP contribution is 2.15. The fourth-order valence-corrected chi connectivity index (χ4v) is 1.64. The summed E-state index contributed by atoms with van der Waals surface area (Å²) in [6.07, 6.45) is 0. The van der Waals surface area contributed by atoms with Crippen molar-refractivity contribution >= 4 is 11.6 Å². The predicted octanol–water partition coefficient (Wildman–Crippen LogP) is 3.27. The molecular formula is C14H11ClN2O. The van der Waals surface area contributed by atoms with Crippen LogP contribution < -0.4 is 4.74 Å². The third-order valence-corrected chi connectivity index (χ3v) is 2.62. The molecule has 1 aromatic heterocycles. The van der Waals surface area contributed by atoms with Gasteiger partial charge in [-0.05, 0) is 11.6 Å². The van der Waals surface area contributed by atoms with E-state index in [4.69, 9.17) is 21.6 Å². The van der Waals surface area contributed by atoms with Gasteiger partial charge in [0.05, 0.1) is 23.2 Å². The van der Waals surface area contributed by atoms with Crippen molar-refractivity contribution in [3.8, 4) is 11.9 Å². The van der Waals surface area contributed by atoms with E-state index in [1.165, 1.54) is 0 Å². The molecule has 1 heterocycles. The highest BCUT2D eigenvalue weighted by Gasteiger charge is 2.03. The zero-order valence-electron chi connectivity index (χ0n) is 9.64. The zero-order chi connectivity index (χ0) is 12.8. The van der Waals surface area contributed by atoms with Crippen LogP contribution in [0.2, 0.25) is 0 Å². The number of hydrogen-bond donors (Lipinski definition) is 0. The molecule has 0 atom stereocenters. The molecule has 0 saturated carbocycles. The fraction of sp³-hybridized carbons (Fsp3) is 0.143. The predicted molar refractivity (Wildman–Crippen MR) is 69.3 cm³/mol. The minimum absolute atomic E-state index is 0.261. The maximum Gasteiger partial charge on any atom is 0.215 e. The number of nitriles is 1. The van der Waals surface area contributed by atoms with E-state index in [-0.39, 0.29) is 5.88 Å². The lowest BCUT2D eigenvalue weighted by molar-refractivity contribution is 0.293. The van der Waals surface area contributed by atoms with Crippen LogP contribution >= 0.6 is 11.6 Å². The van der Waals surface area contributed by atoms with Gasteiger partial charge in [0.25, 0.3) is 0 Å².